The number of nitro groups is 1. The quantitative estimate of drug-likeness (QED) is 0.0411. The van der Waals surface area contributed by atoms with Crippen LogP contribution in [0.1, 0.15) is 77.0 Å². The van der Waals surface area contributed by atoms with Crippen LogP contribution in [0.3, 0.4) is 0 Å². The van der Waals surface area contributed by atoms with Crippen LogP contribution in [0, 0.1) is 10.1 Å². The minimum Gasteiger partial charge on any atom is -0.427 e. The highest BCUT2D eigenvalue weighted by atomic mass is 33.1. The third-order valence-electron chi connectivity index (χ3n) is 5.74. The fraction of sp³-hybridized carbons (Fsp3) is 0.680. The summed E-state index contributed by atoms with van der Waals surface area (Å²) < 4.78 is 4.91. The summed E-state index contributed by atoms with van der Waals surface area (Å²) in [5.74, 6) is 1.03. The van der Waals surface area contributed by atoms with Gasteiger partial charge in [0.2, 0.25) is 0 Å². The number of nitrogens with zero attached hydrogens (tertiary/aromatic N) is 1. The van der Waals surface area contributed by atoms with Crippen LogP contribution in [0.5, 0.6) is 0 Å². The van der Waals surface area contributed by atoms with E-state index in [0.29, 0.717) is 7.62 Å². The minimum absolute atomic E-state index is 0.129. The Labute approximate surface area is 219 Å². The third kappa shape index (κ3) is 16.4. The van der Waals surface area contributed by atoms with Gasteiger partial charge in [-0.3, -0.25) is 10.1 Å². The smallest absolute Gasteiger partial charge is 0.360 e. The number of aliphatic hydroxyl groups is 2. The van der Waals surface area contributed by atoms with Crippen LogP contribution < -0.4 is 5.23 Å². The standard InChI is InChI=1S/C25H43BN2O5S2/c1-33-26-27-22(21-29)24(30)18-13-11-9-7-5-3-2-4-6-8-10-12-16-20-34-35-25-19-15-14-17-23(25)28(31)32/h13-15,17-19,22,24,26-27,29-30H,2-12,16,20-21H2,1H3/b18-13+/t22-,24+/m0/s1. The molecular formula is C25H43BN2O5S2. The number of allylic oxidation sites excluding steroid dienone is 1. The second-order valence-corrected chi connectivity index (χ2v) is 11.1. The van der Waals surface area contributed by atoms with Gasteiger partial charge < -0.3 is 20.1 Å². The maximum Gasteiger partial charge on any atom is 0.360 e. The Hall–Kier alpha value is -1.04. The van der Waals surface area contributed by atoms with Crippen molar-refractivity contribution in [1.29, 1.82) is 0 Å². The molecule has 0 heterocycles. The number of benzene rings is 1. The lowest BCUT2D eigenvalue weighted by Gasteiger charge is -2.18. The van der Waals surface area contributed by atoms with Crippen molar-refractivity contribution < 1.29 is 19.8 Å². The molecule has 0 aromatic heterocycles. The van der Waals surface area contributed by atoms with Crippen molar-refractivity contribution in [2.75, 3.05) is 19.5 Å². The number of nitrogens with one attached hydrogen (secondary N) is 1. The molecule has 0 aliphatic carbocycles. The van der Waals surface area contributed by atoms with Crippen molar-refractivity contribution in [3.05, 3.63) is 46.5 Å². The maximum atomic E-state index is 11.0. The van der Waals surface area contributed by atoms with Gasteiger partial charge in [-0.2, -0.15) is 0 Å². The van der Waals surface area contributed by atoms with E-state index in [4.69, 9.17) is 4.65 Å². The van der Waals surface area contributed by atoms with E-state index in [9.17, 15) is 20.3 Å². The lowest BCUT2D eigenvalue weighted by molar-refractivity contribution is -0.387. The lowest BCUT2D eigenvalue weighted by Crippen LogP contribution is -2.44. The normalized spacial score (nSPS) is 13.2. The Bertz CT molecular complexity index is 700. The third-order valence-corrected chi connectivity index (χ3v) is 8.23. The van der Waals surface area contributed by atoms with Crippen LogP contribution in [0.25, 0.3) is 0 Å². The lowest BCUT2D eigenvalue weighted by atomic mass is 10.0. The summed E-state index contributed by atoms with van der Waals surface area (Å²) in [4.78, 5) is 11.5. The Morgan fingerprint density at radius 2 is 1.66 bits per heavy atom. The van der Waals surface area contributed by atoms with Crippen molar-refractivity contribution in [2.24, 2.45) is 0 Å². The van der Waals surface area contributed by atoms with Crippen molar-refractivity contribution in [2.45, 2.75) is 94.1 Å². The first-order chi connectivity index (χ1) is 17.1. The molecule has 0 saturated heterocycles. The molecule has 0 fully saturated rings. The van der Waals surface area contributed by atoms with E-state index in [2.05, 4.69) is 5.23 Å². The Balaban J connectivity index is 1.88. The second kappa shape index (κ2) is 22.2. The summed E-state index contributed by atoms with van der Waals surface area (Å²) in [6.45, 7) is -0.129. The van der Waals surface area contributed by atoms with Crippen molar-refractivity contribution in [3.63, 3.8) is 0 Å². The van der Waals surface area contributed by atoms with Crippen molar-refractivity contribution in [1.82, 2.24) is 5.23 Å². The number of unbranched alkanes of at least 4 members (excludes halogenated alkanes) is 11. The summed E-state index contributed by atoms with van der Waals surface area (Å²) in [6.07, 6.45) is 17.8. The zero-order valence-corrected chi connectivity index (χ0v) is 22.7. The van der Waals surface area contributed by atoms with Crippen LogP contribution in [0.15, 0.2) is 41.3 Å². The molecule has 1 rings (SSSR count). The molecule has 0 saturated carbocycles. The van der Waals surface area contributed by atoms with E-state index in [1.54, 1.807) is 36.1 Å². The number of rotatable bonds is 23. The van der Waals surface area contributed by atoms with Gasteiger partial charge in [-0.15, -0.1) is 0 Å². The summed E-state index contributed by atoms with van der Waals surface area (Å²) in [6, 6.07) is 6.54. The Morgan fingerprint density at radius 1 is 1.06 bits per heavy atom. The first-order valence-corrected chi connectivity index (χ1v) is 15.1. The Morgan fingerprint density at radius 3 is 2.26 bits per heavy atom. The molecule has 7 nitrogen and oxygen atoms in total. The zero-order valence-electron chi connectivity index (χ0n) is 21.1. The van der Waals surface area contributed by atoms with Crippen LogP contribution >= 0.6 is 21.6 Å². The molecule has 0 unspecified atom stereocenters. The number of nitro benzene ring substituents is 1. The van der Waals surface area contributed by atoms with Gasteiger partial charge in [-0.05, 0) is 25.3 Å². The van der Waals surface area contributed by atoms with Gasteiger partial charge in [-0.1, -0.05) is 104 Å². The average molecular weight is 527 g/mol. The van der Waals surface area contributed by atoms with Crippen molar-refractivity contribution >= 4 is 34.9 Å². The van der Waals surface area contributed by atoms with E-state index in [1.807, 2.05) is 18.2 Å². The van der Waals surface area contributed by atoms with Crippen LogP contribution in [0.4, 0.5) is 5.69 Å². The maximum absolute atomic E-state index is 11.0. The van der Waals surface area contributed by atoms with Gasteiger partial charge >= 0.3 is 7.62 Å². The first-order valence-electron chi connectivity index (χ1n) is 12.8. The van der Waals surface area contributed by atoms with Crippen molar-refractivity contribution in [3.8, 4) is 0 Å². The molecule has 0 aliphatic heterocycles. The largest absolute Gasteiger partial charge is 0.427 e. The van der Waals surface area contributed by atoms with Gasteiger partial charge in [0.25, 0.3) is 5.69 Å². The van der Waals surface area contributed by atoms with Gasteiger partial charge in [0.05, 0.1) is 28.6 Å². The molecule has 10 heteroatoms. The highest BCUT2D eigenvalue weighted by molar-refractivity contribution is 8.76. The first kappa shape index (κ1) is 32.0. The van der Waals surface area contributed by atoms with E-state index < -0.39 is 12.1 Å². The molecule has 1 aromatic rings. The molecule has 0 radical (unpaired) electrons. The molecule has 3 N–H and O–H groups in total. The highest BCUT2D eigenvalue weighted by Crippen LogP contribution is 2.37. The van der Waals surface area contributed by atoms with Crippen LogP contribution in [-0.4, -0.2) is 54.4 Å². The molecule has 0 spiro atoms. The fourth-order valence-corrected chi connectivity index (χ4v) is 5.95. The predicted molar refractivity (Wildman–Crippen MR) is 150 cm³/mol. The molecule has 0 amide bonds. The van der Waals surface area contributed by atoms with Gasteiger partial charge in [0, 0.05) is 18.9 Å². The molecule has 1 aromatic carbocycles. The van der Waals surface area contributed by atoms with Crippen LogP contribution in [0.2, 0.25) is 0 Å². The summed E-state index contributed by atoms with van der Waals surface area (Å²) in [5.41, 5.74) is 0.195. The zero-order chi connectivity index (χ0) is 25.6. The number of para-hydroxylation sites is 1. The number of aliphatic hydroxyl groups excluding tert-OH is 2. The summed E-state index contributed by atoms with van der Waals surface area (Å²) >= 11 is 0. The molecular weight excluding hydrogens is 483 g/mol. The minimum atomic E-state index is -0.703. The number of hydrogen-bond acceptors (Lipinski definition) is 8. The molecule has 35 heavy (non-hydrogen) atoms. The second-order valence-electron chi connectivity index (χ2n) is 8.65. The summed E-state index contributed by atoms with van der Waals surface area (Å²) in [7, 11) is 5.09. The van der Waals surface area contributed by atoms with Gasteiger partial charge in [-0.25, -0.2) is 0 Å². The van der Waals surface area contributed by atoms with E-state index in [1.165, 1.54) is 68.6 Å². The van der Waals surface area contributed by atoms with Gasteiger partial charge in [0.15, 0.2) is 0 Å². The Kier molecular flexibility index (Phi) is 20.3. The molecule has 2 atom stereocenters. The van der Waals surface area contributed by atoms with E-state index in [-0.39, 0.29) is 17.2 Å². The molecule has 198 valence electrons. The SMILES string of the molecule is COBN[C@@H](CO)[C@H](O)/C=C/CCCCCCCCCCCCCSSc1ccccc1[N+](=O)[O-]. The monoisotopic (exact) mass is 526 g/mol. The molecule has 0 aliphatic rings. The predicted octanol–water partition coefficient (Wildman–Crippen LogP) is 5.80. The summed E-state index contributed by atoms with van der Waals surface area (Å²) in [5, 5.41) is 33.3. The number of hydrogen-bond donors (Lipinski definition) is 3. The average Bonchev–Trinajstić information content (AvgIpc) is 2.86. The van der Waals surface area contributed by atoms with Crippen LogP contribution in [-0.2, 0) is 4.65 Å². The topological polar surface area (TPSA) is 105 Å². The van der Waals surface area contributed by atoms with E-state index >= 15 is 0 Å². The van der Waals surface area contributed by atoms with E-state index in [0.717, 1.165) is 29.9 Å². The van der Waals surface area contributed by atoms with Gasteiger partial charge in [0.1, 0.15) is 0 Å². The highest BCUT2D eigenvalue weighted by Gasteiger charge is 2.15. The molecule has 0 bridgehead atoms. The fourth-order valence-electron chi connectivity index (χ4n) is 3.65.